The Morgan fingerprint density at radius 1 is 0.909 bits per heavy atom. The van der Waals surface area contributed by atoms with Gasteiger partial charge in [-0.25, -0.2) is 0 Å². The average Bonchev–Trinajstić information content (AvgIpc) is 2.85. The van der Waals surface area contributed by atoms with Gasteiger partial charge in [0.05, 0.1) is 5.71 Å². The number of piperazine rings is 1. The molecular formula is C30H41N3. The van der Waals surface area contributed by atoms with Crippen LogP contribution in [-0.4, -0.2) is 55.3 Å². The number of unbranched alkanes of at least 4 members (excludes halogenated alkanes) is 2. The summed E-state index contributed by atoms with van der Waals surface area (Å²) in [7, 11) is 1.87. The van der Waals surface area contributed by atoms with E-state index in [1.807, 2.05) is 13.1 Å². The fourth-order valence-electron chi connectivity index (χ4n) is 4.64. The lowest BCUT2D eigenvalue weighted by Crippen LogP contribution is -2.46. The van der Waals surface area contributed by atoms with Gasteiger partial charge in [-0.2, -0.15) is 0 Å². The zero-order valence-electron chi connectivity index (χ0n) is 20.9. The molecule has 0 N–H and O–H groups in total. The normalized spacial score (nSPS) is 16.0. The first kappa shape index (κ1) is 25.0. The molecule has 1 heterocycles. The standard InChI is InChI=1S/C30H41N3/c1-6-7-9-14-24(2)25(3)23-32-19-21-33(22-20-32)26(4)28-17-12-13-18-29(28)30(31-5)27-15-10-8-11-16-27/h8,10-13,15-18,24H,3-4,6-7,9,14,19-23H2,1-2,5H3. The van der Waals surface area contributed by atoms with Crippen LogP contribution in [-0.2, 0) is 0 Å². The lowest BCUT2D eigenvalue weighted by molar-refractivity contribution is 0.184. The third-order valence-electron chi connectivity index (χ3n) is 6.88. The van der Waals surface area contributed by atoms with Crippen LogP contribution < -0.4 is 0 Å². The van der Waals surface area contributed by atoms with Gasteiger partial charge in [0, 0.05) is 62.2 Å². The maximum atomic E-state index is 4.64. The van der Waals surface area contributed by atoms with E-state index in [1.165, 1.54) is 36.8 Å². The van der Waals surface area contributed by atoms with Gasteiger partial charge in [0.2, 0.25) is 0 Å². The summed E-state index contributed by atoms with van der Waals surface area (Å²) in [6.07, 6.45) is 5.19. The van der Waals surface area contributed by atoms with Crippen molar-refractivity contribution < 1.29 is 0 Å². The van der Waals surface area contributed by atoms with E-state index in [2.05, 4.69) is 90.3 Å². The quantitative estimate of drug-likeness (QED) is 0.224. The van der Waals surface area contributed by atoms with E-state index in [9.17, 15) is 0 Å². The van der Waals surface area contributed by atoms with E-state index >= 15 is 0 Å². The molecular weight excluding hydrogens is 402 g/mol. The Kier molecular flexibility index (Phi) is 9.50. The van der Waals surface area contributed by atoms with Gasteiger partial charge in [-0.15, -0.1) is 0 Å². The molecule has 0 saturated carbocycles. The average molecular weight is 444 g/mol. The van der Waals surface area contributed by atoms with Gasteiger partial charge in [-0.3, -0.25) is 9.89 Å². The molecule has 1 unspecified atom stereocenters. The van der Waals surface area contributed by atoms with E-state index < -0.39 is 0 Å². The Morgan fingerprint density at radius 2 is 1.55 bits per heavy atom. The van der Waals surface area contributed by atoms with Crippen LogP contribution in [0.3, 0.4) is 0 Å². The summed E-state index contributed by atoms with van der Waals surface area (Å²) < 4.78 is 0. The lowest BCUT2D eigenvalue weighted by atomic mass is 9.95. The number of nitrogens with zero attached hydrogens (tertiary/aromatic N) is 3. The van der Waals surface area contributed by atoms with Crippen LogP contribution in [0.2, 0.25) is 0 Å². The highest BCUT2D eigenvalue weighted by Crippen LogP contribution is 2.26. The van der Waals surface area contributed by atoms with Crippen molar-refractivity contribution in [1.29, 1.82) is 0 Å². The van der Waals surface area contributed by atoms with Crippen molar-refractivity contribution in [3.63, 3.8) is 0 Å². The van der Waals surface area contributed by atoms with Crippen molar-refractivity contribution in [1.82, 2.24) is 9.80 Å². The van der Waals surface area contributed by atoms with Crippen LogP contribution >= 0.6 is 0 Å². The Hall–Kier alpha value is -2.65. The Balaban J connectivity index is 1.62. The van der Waals surface area contributed by atoms with Crippen molar-refractivity contribution in [2.75, 3.05) is 39.8 Å². The van der Waals surface area contributed by atoms with Crippen molar-refractivity contribution >= 4 is 11.4 Å². The second-order valence-corrected chi connectivity index (χ2v) is 9.25. The third-order valence-corrected chi connectivity index (χ3v) is 6.88. The molecule has 0 aromatic heterocycles. The molecule has 33 heavy (non-hydrogen) atoms. The molecule has 176 valence electrons. The SMILES string of the molecule is C=C(CN1CCN(C(=C)c2ccccc2C(=NC)c2ccccc2)CC1)C(C)CCCCC. The summed E-state index contributed by atoms with van der Waals surface area (Å²) >= 11 is 0. The smallest absolute Gasteiger partial charge is 0.0722 e. The van der Waals surface area contributed by atoms with E-state index in [0.29, 0.717) is 5.92 Å². The minimum Gasteiger partial charge on any atom is -0.369 e. The van der Waals surface area contributed by atoms with Gasteiger partial charge in [0.1, 0.15) is 0 Å². The zero-order valence-corrected chi connectivity index (χ0v) is 20.9. The summed E-state index contributed by atoms with van der Waals surface area (Å²) in [5.41, 5.74) is 6.94. The number of hydrogen-bond acceptors (Lipinski definition) is 3. The van der Waals surface area contributed by atoms with Gasteiger partial charge in [-0.05, 0) is 12.3 Å². The van der Waals surface area contributed by atoms with Crippen LogP contribution in [0.4, 0.5) is 0 Å². The molecule has 3 heteroatoms. The second-order valence-electron chi connectivity index (χ2n) is 9.25. The molecule has 2 aromatic carbocycles. The minimum atomic E-state index is 0.612. The first-order chi connectivity index (χ1) is 16.0. The predicted molar refractivity (Wildman–Crippen MR) is 144 cm³/mol. The lowest BCUT2D eigenvalue weighted by Gasteiger charge is -2.38. The molecule has 3 rings (SSSR count). The van der Waals surface area contributed by atoms with Crippen LogP contribution in [0.15, 0.2) is 78.3 Å². The monoisotopic (exact) mass is 443 g/mol. The summed E-state index contributed by atoms with van der Waals surface area (Å²) in [6, 6.07) is 18.9. The molecule has 0 aliphatic carbocycles. The van der Waals surface area contributed by atoms with Gasteiger partial charge in [0.25, 0.3) is 0 Å². The molecule has 2 aromatic rings. The maximum absolute atomic E-state index is 4.64. The Labute approximate surface area is 201 Å². The molecule has 0 amide bonds. The topological polar surface area (TPSA) is 18.8 Å². The molecule has 1 saturated heterocycles. The van der Waals surface area contributed by atoms with Gasteiger partial charge in [-0.1, -0.05) is 106 Å². The van der Waals surface area contributed by atoms with Gasteiger partial charge in [0.15, 0.2) is 0 Å². The van der Waals surface area contributed by atoms with E-state index in [1.54, 1.807) is 0 Å². The summed E-state index contributed by atoms with van der Waals surface area (Å²) in [5, 5.41) is 0. The van der Waals surface area contributed by atoms with Crippen LogP contribution in [0, 0.1) is 5.92 Å². The molecule has 1 aliphatic heterocycles. The van der Waals surface area contributed by atoms with E-state index in [-0.39, 0.29) is 0 Å². The number of aliphatic imine (C=N–C) groups is 1. The highest BCUT2D eigenvalue weighted by molar-refractivity contribution is 6.15. The molecule has 3 nitrogen and oxygen atoms in total. The highest BCUT2D eigenvalue weighted by atomic mass is 15.3. The molecule has 1 aliphatic rings. The zero-order chi connectivity index (χ0) is 23.6. The van der Waals surface area contributed by atoms with E-state index in [0.717, 1.165) is 55.3 Å². The Bertz CT molecular complexity index is 936. The van der Waals surface area contributed by atoms with Gasteiger partial charge < -0.3 is 4.90 Å². The maximum Gasteiger partial charge on any atom is 0.0722 e. The highest BCUT2D eigenvalue weighted by Gasteiger charge is 2.22. The van der Waals surface area contributed by atoms with E-state index in [4.69, 9.17) is 0 Å². The van der Waals surface area contributed by atoms with Crippen LogP contribution in [0.5, 0.6) is 0 Å². The number of benzene rings is 2. The molecule has 1 fully saturated rings. The molecule has 0 spiro atoms. The molecule has 0 radical (unpaired) electrons. The van der Waals surface area contributed by atoms with Crippen LogP contribution in [0.1, 0.15) is 56.2 Å². The summed E-state index contributed by atoms with van der Waals surface area (Å²) in [6.45, 7) is 18.6. The first-order valence-corrected chi connectivity index (χ1v) is 12.5. The molecule has 0 bridgehead atoms. The van der Waals surface area contributed by atoms with Crippen molar-refractivity contribution in [3.8, 4) is 0 Å². The predicted octanol–water partition coefficient (Wildman–Crippen LogP) is 6.51. The number of rotatable bonds is 11. The fraction of sp³-hybridized carbons (Fsp3) is 0.433. The summed E-state index contributed by atoms with van der Waals surface area (Å²) in [5.74, 6) is 0.612. The second kappa shape index (κ2) is 12.6. The van der Waals surface area contributed by atoms with Crippen molar-refractivity contribution in [2.45, 2.75) is 39.5 Å². The minimum absolute atomic E-state index is 0.612. The third kappa shape index (κ3) is 6.68. The Morgan fingerprint density at radius 3 is 2.18 bits per heavy atom. The fourth-order valence-corrected chi connectivity index (χ4v) is 4.64. The van der Waals surface area contributed by atoms with Crippen molar-refractivity contribution in [3.05, 3.63) is 90.0 Å². The molecule has 1 atom stereocenters. The summed E-state index contributed by atoms with van der Waals surface area (Å²) in [4.78, 5) is 9.63. The first-order valence-electron chi connectivity index (χ1n) is 12.5. The number of hydrogen-bond donors (Lipinski definition) is 0. The van der Waals surface area contributed by atoms with Gasteiger partial charge >= 0.3 is 0 Å². The van der Waals surface area contributed by atoms with Crippen LogP contribution in [0.25, 0.3) is 5.70 Å². The van der Waals surface area contributed by atoms with Crippen molar-refractivity contribution in [2.24, 2.45) is 10.9 Å². The largest absolute Gasteiger partial charge is 0.369 e.